The minimum atomic E-state index is -0.514. The number of carbonyl (C=O) groups is 1. The number of hydrogen-bond acceptors (Lipinski definition) is 5. The first kappa shape index (κ1) is 12.5. The van der Waals surface area contributed by atoms with Crippen LogP contribution in [0.5, 0.6) is 0 Å². The van der Waals surface area contributed by atoms with Crippen molar-refractivity contribution in [3.05, 3.63) is 33.9 Å². The number of nitro groups is 1. The van der Waals surface area contributed by atoms with E-state index in [2.05, 4.69) is 17.1 Å². The maximum atomic E-state index is 10.9. The molecular weight excluding hydrogens is 234 g/mol. The first-order valence-corrected chi connectivity index (χ1v) is 5.84. The van der Waals surface area contributed by atoms with Gasteiger partial charge in [-0.05, 0) is 19.1 Å². The number of piperazine rings is 1. The summed E-state index contributed by atoms with van der Waals surface area (Å²) in [7, 11) is 0. The number of aldehydes is 1. The van der Waals surface area contributed by atoms with E-state index in [9.17, 15) is 14.9 Å². The van der Waals surface area contributed by atoms with Crippen LogP contribution in [0.1, 0.15) is 17.3 Å². The van der Waals surface area contributed by atoms with Crippen LogP contribution in [0.4, 0.5) is 11.4 Å². The SMILES string of the molecule is CC1CNCCN1c1ccc(C=O)c([N+](=O)[O-])c1. The molecular formula is C12H15N3O3. The summed E-state index contributed by atoms with van der Waals surface area (Å²) in [6.07, 6.45) is 0.517. The summed E-state index contributed by atoms with van der Waals surface area (Å²) in [4.78, 5) is 23.3. The predicted octanol–water partition coefficient (Wildman–Crippen LogP) is 1.21. The van der Waals surface area contributed by atoms with Crippen molar-refractivity contribution in [3.8, 4) is 0 Å². The van der Waals surface area contributed by atoms with E-state index in [1.165, 1.54) is 12.1 Å². The van der Waals surface area contributed by atoms with Crippen LogP contribution in [-0.2, 0) is 0 Å². The zero-order valence-corrected chi connectivity index (χ0v) is 10.1. The molecule has 1 aromatic carbocycles. The van der Waals surface area contributed by atoms with Crippen molar-refractivity contribution in [2.24, 2.45) is 0 Å². The standard InChI is InChI=1S/C12H15N3O3/c1-9-7-13-4-5-14(9)11-3-2-10(8-16)12(6-11)15(17)18/h2-3,6,8-9,13H,4-5,7H2,1H3. The summed E-state index contributed by atoms with van der Waals surface area (Å²) < 4.78 is 0. The van der Waals surface area contributed by atoms with Crippen LogP contribution >= 0.6 is 0 Å². The van der Waals surface area contributed by atoms with Gasteiger partial charge in [0.1, 0.15) is 0 Å². The van der Waals surface area contributed by atoms with E-state index in [0.717, 1.165) is 25.3 Å². The lowest BCUT2D eigenvalue weighted by molar-refractivity contribution is -0.385. The quantitative estimate of drug-likeness (QED) is 0.495. The molecule has 1 atom stereocenters. The van der Waals surface area contributed by atoms with Gasteiger partial charge in [0.25, 0.3) is 5.69 Å². The first-order chi connectivity index (χ1) is 8.63. The molecule has 0 saturated carbocycles. The Balaban J connectivity index is 2.36. The van der Waals surface area contributed by atoms with Gasteiger partial charge in [-0.1, -0.05) is 0 Å². The second-order valence-corrected chi connectivity index (χ2v) is 4.36. The lowest BCUT2D eigenvalue weighted by atomic mass is 10.1. The van der Waals surface area contributed by atoms with Crippen LogP contribution in [0.25, 0.3) is 0 Å². The number of nitro benzene ring substituents is 1. The highest BCUT2D eigenvalue weighted by molar-refractivity contribution is 5.83. The van der Waals surface area contributed by atoms with Crippen molar-refractivity contribution in [2.75, 3.05) is 24.5 Å². The smallest absolute Gasteiger partial charge is 0.281 e. The molecule has 0 aromatic heterocycles. The molecule has 0 amide bonds. The van der Waals surface area contributed by atoms with E-state index in [0.29, 0.717) is 6.29 Å². The van der Waals surface area contributed by atoms with Crippen LogP contribution in [-0.4, -0.2) is 36.9 Å². The van der Waals surface area contributed by atoms with Gasteiger partial charge in [-0.15, -0.1) is 0 Å². The largest absolute Gasteiger partial charge is 0.366 e. The summed E-state index contributed by atoms with van der Waals surface area (Å²) in [5.74, 6) is 0. The van der Waals surface area contributed by atoms with Crippen molar-refractivity contribution in [2.45, 2.75) is 13.0 Å². The first-order valence-electron chi connectivity index (χ1n) is 5.84. The van der Waals surface area contributed by atoms with Crippen LogP contribution in [0.15, 0.2) is 18.2 Å². The molecule has 1 N–H and O–H groups in total. The van der Waals surface area contributed by atoms with Gasteiger partial charge >= 0.3 is 0 Å². The summed E-state index contributed by atoms with van der Waals surface area (Å²) in [6.45, 7) is 4.57. The van der Waals surface area contributed by atoms with Gasteiger partial charge in [0, 0.05) is 37.4 Å². The molecule has 1 aliphatic heterocycles. The molecule has 18 heavy (non-hydrogen) atoms. The molecule has 1 heterocycles. The second kappa shape index (κ2) is 5.14. The highest BCUT2D eigenvalue weighted by Crippen LogP contribution is 2.26. The molecule has 2 rings (SSSR count). The van der Waals surface area contributed by atoms with E-state index in [1.807, 2.05) is 0 Å². The second-order valence-electron chi connectivity index (χ2n) is 4.36. The normalized spacial score (nSPS) is 19.6. The van der Waals surface area contributed by atoms with Crippen LogP contribution in [0, 0.1) is 10.1 Å². The zero-order valence-electron chi connectivity index (χ0n) is 10.1. The summed E-state index contributed by atoms with van der Waals surface area (Å²) in [5, 5.41) is 14.2. The van der Waals surface area contributed by atoms with E-state index in [4.69, 9.17) is 0 Å². The van der Waals surface area contributed by atoms with Gasteiger partial charge in [-0.25, -0.2) is 0 Å². The lowest BCUT2D eigenvalue weighted by Gasteiger charge is -2.35. The van der Waals surface area contributed by atoms with Gasteiger partial charge in [-0.3, -0.25) is 14.9 Å². The number of benzene rings is 1. The summed E-state index contributed by atoms with van der Waals surface area (Å²) in [6, 6.07) is 5.03. The molecule has 0 bridgehead atoms. The lowest BCUT2D eigenvalue weighted by Crippen LogP contribution is -2.49. The van der Waals surface area contributed by atoms with Crippen molar-refractivity contribution in [3.63, 3.8) is 0 Å². The Morgan fingerprint density at radius 1 is 1.56 bits per heavy atom. The fourth-order valence-corrected chi connectivity index (χ4v) is 2.19. The summed E-state index contributed by atoms with van der Waals surface area (Å²) in [5.41, 5.74) is 0.779. The highest BCUT2D eigenvalue weighted by Gasteiger charge is 2.21. The summed E-state index contributed by atoms with van der Waals surface area (Å²) >= 11 is 0. The molecule has 1 unspecified atom stereocenters. The predicted molar refractivity (Wildman–Crippen MR) is 68.2 cm³/mol. The van der Waals surface area contributed by atoms with Crippen LogP contribution in [0.2, 0.25) is 0 Å². The third-order valence-corrected chi connectivity index (χ3v) is 3.17. The van der Waals surface area contributed by atoms with Crippen LogP contribution in [0.3, 0.4) is 0 Å². The minimum absolute atomic E-state index is 0.117. The van der Waals surface area contributed by atoms with E-state index in [1.54, 1.807) is 6.07 Å². The molecule has 1 fully saturated rings. The fraction of sp³-hybridized carbons (Fsp3) is 0.417. The molecule has 1 aliphatic rings. The van der Waals surface area contributed by atoms with Gasteiger partial charge in [0.15, 0.2) is 6.29 Å². The van der Waals surface area contributed by atoms with E-state index >= 15 is 0 Å². The highest BCUT2D eigenvalue weighted by atomic mass is 16.6. The van der Waals surface area contributed by atoms with Crippen molar-refractivity contribution >= 4 is 17.7 Å². The molecule has 1 aromatic rings. The van der Waals surface area contributed by atoms with Crippen molar-refractivity contribution in [1.82, 2.24) is 5.32 Å². The molecule has 0 spiro atoms. The van der Waals surface area contributed by atoms with Crippen molar-refractivity contribution < 1.29 is 9.72 Å². The Morgan fingerprint density at radius 3 is 2.94 bits per heavy atom. The topological polar surface area (TPSA) is 75.5 Å². The third-order valence-electron chi connectivity index (χ3n) is 3.17. The van der Waals surface area contributed by atoms with Gasteiger partial charge in [0.05, 0.1) is 10.5 Å². The van der Waals surface area contributed by atoms with Gasteiger partial charge in [0.2, 0.25) is 0 Å². The molecule has 96 valence electrons. The minimum Gasteiger partial charge on any atom is -0.366 e. The average Bonchev–Trinajstić information content (AvgIpc) is 2.38. The van der Waals surface area contributed by atoms with Crippen molar-refractivity contribution in [1.29, 1.82) is 0 Å². The number of carbonyl (C=O) groups excluding carboxylic acids is 1. The van der Waals surface area contributed by atoms with Crippen LogP contribution < -0.4 is 10.2 Å². The monoisotopic (exact) mass is 249 g/mol. The number of anilines is 1. The Morgan fingerprint density at radius 2 is 2.33 bits per heavy atom. The molecule has 0 radical (unpaired) electrons. The zero-order chi connectivity index (χ0) is 13.1. The maximum absolute atomic E-state index is 10.9. The average molecular weight is 249 g/mol. The Kier molecular flexibility index (Phi) is 3.57. The molecule has 0 aliphatic carbocycles. The maximum Gasteiger partial charge on any atom is 0.281 e. The Hall–Kier alpha value is -1.95. The Labute approximate surface area is 105 Å². The fourth-order valence-electron chi connectivity index (χ4n) is 2.19. The Bertz CT molecular complexity index is 476. The van der Waals surface area contributed by atoms with Gasteiger partial charge in [-0.2, -0.15) is 0 Å². The third kappa shape index (κ3) is 2.33. The number of hydrogen-bond donors (Lipinski definition) is 1. The molecule has 6 heteroatoms. The molecule has 6 nitrogen and oxygen atoms in total. The van der Waals surface area contributed by atoms with E-state index < -0.39 is 4.92 Å². The number of rotatable bonds is 3. The number of nitrogens with zero attached hydrogens (tertiary/aromatic N) is 2. The van der Waals surface area contributed by atoms with E-state index in [-0.39, 0.29) is 17.3 Å². The number of nitrogens with one attached hydrogen (secondary N) is 1. The van der Waals surface area contributed by atoms with Gasteiger partial charge < -0.3 is 10.2 Å². The molecule has 1 saturated heterocycles.